The van der Waals surface area contributed by atoms with E-state index in [-0.39, 0.29) is 31.3 Å². The number of aliphatic hydroxyl groups is 1. The lowest BCUT2D eigenvalue weighted by Gasteiger charge is -2.36. The van der Waals surface area contributed by atoms with Crippen LogP contribution in [-0.4, -0.2) is 61.3 Å². The van der Waals surface area contributed by atoms with Crippen molar-refractivity contribution in [3.05, 3.63) is 0 Å². The smallest absolute Gasteiger partial charge is 0.410 e. The van der Waals surface area contributed by atoms with Crippen molar-refractivity contribution in [2.75, 3.05) is 31.3 Å². The van der Waals surface area contributed by atoms with Crippen LogP contribution in [0, 0.1) is 0 Å². The van der Waals surface area contributed by atoms with Crippen LogP contribution < -0.4 is 0 Å². The van der Waals surface area contributed by atoms with Gasteiger partial charge in [-0.3, -0.25) is 4.90 Å². The summed E-state index contributed by atoms with van der Waals surface area (Å²) in [7, 11) is -3.10. The SMILES string of the molecule is CCOC(=O)N(CCO)[C@]1(C)CCS(=O)(=O)C1. The lowest BCUT2D eigenvalue weighted by atomic mass is 10.00. The molecular weight excluding hydrogens is 246 g/mol. The first-order valence-electron chi connectivity index (χ1n) is 5.60. The Hall–Kier alpha value is -0.820. The summed E-state index contributed by atoms with van der Waals surface area (Å²) in [5.74, 6) is 0.00362. The monoisotopic (exact) mass is 265 g/mol. The van der Waals surface area contributed by atoms with Crippen molar-refractivity contribution in [2.24, 2.45) is 0 Å². The van der Waals surface area contributed by atoms with Gasteiger partial charge in [0.1, 0.15) is 0 Å². The van der Waals surface area contributed by atoms with Crippen LogP contribution in [0.3, 0.4) is 0 Å². The molecule has 0 aromatic rings. The maximum Gasteiger partial charge on any atom is 0.410 e. The molecular formula is C10H19NO5S. The number of hydrogen-bond donors (Lipinski definition) is 1. The molecule has 17 heavy (non-hydrogen) atoms. The van der Waals surface area contributed by atoms with Crippen LogP contribution in [0.4, 0.5) is 4.79 Å². The molecule has 0 aliphatic carbocycles. The van der Waals surface area contributed by atoms with Gasteiger partial charge in [0.25, 0.3) is 0 Å². The van der Waals surface area contributed by atoms with Crippen molar-refractivity contribution >= 4 is 15.9 Å². The van der Waals surface area contributed by atoms with Crippen LogP contribution in [0.2, 0.25) is 0 Å². The van der Waals surface area contributed by atoms with Gasteiger partial charge in [0, 0.05) is 6.54 Å². The van der Waals surface area contributed by atoms with Crippen LogP contribution in [0.1, 0.15) is 20.3 Å². The molecule has 6 nitrogen and oxygen atoms in total. The van der Waals surface area contributed by atoms with Gasteiger partial charge in [-0.1, -0.05) is 0 Å². The number of ether oxygens (including phenoxy) is 1. The summed E-state index contributed by atoms with van der Waals surface area (Å²) in [5, 5.41) is 8.96. The van der Waals surface area contributed by atoms with E-state index in [0.717, 1.165) is 0 Å². The molecule has 1 aliphatic heterocycles. The molecule has 1 aliphatic rings. The Labute approximate surface area is 101 Å². The van der Waals surface area contributed by atoms with Gasteiger partial charge in [-0.15, -0.1) is 0 Å². The first-order chi connectivity index (χ1) is 7.84. The van der Waals surface area contributed by atoms with Crippen molar-refractivity contribution < 1.29 is 23.1 Å². The summed E-state index contributed by atoms with van der Waals surface area (Å²) in [6, 6.07) is 0. The maximum atomic E-state index is 11.7. The third kappa shape index (κ3) is 3.32. The summed E-state index contributed by atoms with van der Waals surface area (Å²) in [5.41, 5.74) is -0.770. The molecule has 1 heterocycles. The fourth-order valence-corrected chi connectivity index (χ4v) is 4.23. The average Bonchev–Trinajstić information content (AvgIpc) is 2.50. The number of nitrogens with zero attached hydrogens (tertiary/aromatic N) is 1. The van der Waals surface area contributed by atoms with Crippen LogP contribution >= 0.6 is 0 Å². The van der Waals surface area contributed by atoms with Crippen molar-refractivity contribution in [1.29, 1.82) is 0 Å². The van der Waals surface area contributed by atoms with Gasteiger partial charge in [-0.25, -0.2) is 13.2 Å². The zero-order chi connectivity index (χ0) is 13.1. The highest BCUT2D eigenvalue weighted by atomic mass is 32.2. The lowest BCUT2D eigenvalue weighted by Crippen LogP contribution is -2.52. The summed E-state index contributed by atoms with van der Waals surface area (Å²) >= 11 is 0. The molecule has 1 saturated heterocycles. The summed E-state index contributed by atoms with van der Waals surface area (Å²) in [6.45, 7) is 3.50. The molecule has 1 rings (SSSR count). The molecule has 0 bridgehead atoms. The number of rotatable bonds is 4. The lowest BCUT2D eigenvalue weighted by molar-refractivity contribution is 0.0571. The number of hydrogen-bond acceptors (Lipinski definition) is 5. The topological polar surface area (TPSA) is 83.9 Å². The minimum atomic E-state index is -3.10. The van der Waals surface area contributed by atoms with Crippen LogP contribution in [0.5, 0.6) is 0 Å². The van der Waals surface area contributed by atoms with E-state index in [4.69, 9.17) is 9.84 Å². The van der Waals surface area contributed by atoms with Gasteiger partial charge in [-0.05, 0) is 20.3 Å². The highest BCUT2D eigenvalue weighted by Gasteiger charge is 2.45. The Morgan fingerprint density at radius 1 is 1.53 bits per heavy atom. The fraction of sp³-hybridized carbons (Fsp3) is 0.900. The molecule has 1 fully saturated rings. The minimum absolute atomic E-state index is 0.0706. The molecule has 0 saturated carbocycles. The number of carbonyl (C=O) groups is 1. The van der Waals surface area contributed by atoms with E-state index in [9.17, 15) is 13.2 Å². The molecule has 1 N–H and O–H groups in total. The van der Waals surface area contributed by atoms with Crippen molar-refractivity contribution in [3.63, 3.8) is 0 Å². The highest BCUT2D eigenvalue weighted by Crippen LogP contribution is 2.29. The molecule has 100 valence electrons. The predicted molar refractivity (Wildman–Crippen MR) is 62.5 cm³/mol. The van der Waals surface area contributed by atoms with Crippen LogP contribution in [-0.2, 0) is 14.6 Å². The van der Waals surface area contributed by atoms with Crippen molar-refractivity contribution in [1.82, 2.24) is 4.90 Å². The summed E-state index contributed by atoms with van der Waals surface area (Å²) in [4.78, 5) is 13.1. The number of β-amino-alcohol motifs (C(OH)–C–C–N with tert-alkyl or cyclic N) is 1. The summed E-state index contributed by atoms with van der Waals surface area (Å²) in [6.07, 6.45) is -0.185. The Kier molecular flexibility index (Phi) is 4.37. The zero-order valence-electron chi connectivity index (χ0n) is 10.2. The first-order valence-corrected chi connectivity index (χ1v) is 7.42. The minimum Gasteiger partial charge on any atom is -0.450 e. The van der Waals surface area contributed by atoms with Gasteiger partial charge < -0.3 is 9.84 Å². The average molecular weight is 265 g/mol. The van der Waals surface area contributed by atoms with Crippen LogP contribution in [0.15, 0.2) is 0 Å². The standard InChI is InChI=1S/C10H19NO5S/c1-3-16-9(13)11(5-6-12)10(2)4-7-17(14,15)8-10/h12H,3-8H2,1-2H3/t10-/m1/s1. The van der Waals surface area contributed by atoms with E-state index >= 15 is 0 Å². The normalized spacial score (nSPS) is 26.8. The van der Waals surface area contributed by atoms with E-state index < -0.39 is 21.5 Å². The largest absolute Gasteiger partial charge is 0.450 e. The van der Waals surface area contributed by atoms with Gasteiger partial charge in [0.2, 0.25) is 0 Å². The second kappa shape index (κ2) is 5.22. The van der Waals surface area contributed by atoms with Gasteiger partial charge >= 0.3 is 6.09 Å². The number of sulfone groups is 1. The zero-order valence-corrected chi connectivity index (χ0v) is 11.0. The Balaban J connectivity index is 2.87. The second-order valence-corrected chi connectivity index (χ2v) is 6.60. The predicted octanol–water partition coefficient (Wildman–Crippen LogP) is 0.0144. The molecule has 0 unspecified atom stereocenters. The van der Waals surface area contributed by atoms with Gasteiger partial charge in [0.15, 0.2) is 9.84 Å². The number of amides is 1. The highest BCUT2D eigenvalue weighted by molar-refractivity contribution is 7.91. The van der Waals surface area contributed by atoms with E-state index in [0.29, 0.717) is 6.42 Å². The van der Waals surface area contributed by atoms with E-state index in [1.165, 1.54) is 4.90 Å². The Bertz CT molecular complexity index is 380. The van der Waals surface area contributed by atoms with Gasteiger partial charge in [0.05, 0.1) is 30.3 Å². The van der Waals surface area contributed by atoms with E-state index in [1.54, 1.807) is 13.8 Å². The third-order valence-corrected chi connectivity index (χ3v) is 4.83. The molecule has 0 aromatic carbocycles. The van der Waals surface area contributed by atoms with Crippen molar-refractivity contribution in [2.45, 2.75) is 25.8 Å². The Morgan fingerprint density at radius 3 is 2.59 bits per heavy atom. The molecule has 1 atom stereocenters. The second-order valence-electron chi connectivity index (χ2n) is 4.41. The van der Waals surface area contributed by atoms with Crippen molar-refractivity contribution in [3.8, 4) is 0 Å². The molecule has 0 radical (unpaired) electrons. The summed E-state index contributed by atoms with van der Waals surface area (Å²) < 4.78 is 27.9. The first kappa shape index (κ1) is 14.2. The molecule has 7 heteroatoms. The molecule has 1 amide bonds. The van der Waals surface area contributed by atoms with E-state index in [1.807, 2.05) is 0 Å². The van der Waals surface area contributed by atoms with Gasteiger partial charge in [-0.2, -0.15) is 0 Å². The number of aliphatic hydroxyl groups excluding tert-OH is 1. The Morgan fingerprint density at radius 2 is 2.18 bits per heavy atom. The molecule has 0 spiro atoms. The number of carbonyl (C=O) groups excluding carboxylic acids is 1. The fourth-order valence-electron chi connectivity index (χ4n) is 2.09. The quantitative estimate of drug-likeness (QED) is 0.774. The van der Waals surface area contributed by atoms with E-state index in [2.05, 4.69) is 0 Å². The molecule has 0 aromatic heterocycles. The van der Waals surface area contributed by atoms with Crippen LogP contribution in [0.25, 0.3) is 0 Å². The third-order valence-electron chi connectivity index (χ3n) is 2.95. The maximum absolute atomic E-state index is 11.7.